The number of halogens is 1. The first-order valence-electron chi connectivity index (χ1n) is 6.48. The van der Waals surface area contributed by atoms with Gasteiger partial charge in [0.2, 0.25) is 5.88 Å². The van der Waals surface area contributed by atoms with Gasteiger partial charge in [0.05, 0.1) is 16.6 Å². The molecule has 0 spiro atoms. The minimum atomic E-state index is -0.411. The van der Waals surface area contributed by atoms with Gasteiger partial charge >= 0.3 is 0 Å². The smallest absolute Gasteiger partial charge is 0.262 e. The fourth-order valence-electron chi connectivity index (χ4n) is 1.92. The number of hydrogen-bond donors (Lipinski definition) is 1. The molecular weight excluding hydrogens is 336 g/mol. The molecule has 0 bridgehead atoms. The van der Waals surface area contributed by atoms with Crippen LogP contribution in [0.2, 0.25) is 5.02 Å². The first kappa shape index (κ1) is 15.2. The lowest BCUT2D eigenvalue weighted by atomic mass is 10.2. The van der Waals surface area contributed by atoms with Crippen LogP contribution in [0.3, 0.4) is 0 Å². The van der Waals surface area contributed by atoms with E-state index in [4.69, 9.17) is 21.6 Å². The molecule has 8 heteroatoms. The molecule has 1 amide bonds. The van der Waals surface area contributed by atoms with Crippen molar-refractivity contribution in [1.82, 2.24) is 9.97 Å². The van der Waals surface area contributed by atoms with Gasteiger partial charge in [-0.2, -0.15) is 5.26 Å². The Kier molecular flexibility index (Phi) is 4.37. The number of rotatable bonds is 4. The Labute approximate surface area is 140 Å². The zero-order chi connectivity index (χ0) is 16.2. The Bertz CT molecular complexity index is 919. The second kappa shape index (κ2) is 6.60. The van der Waals surface area contributed by atoms with Crippen LogP contribution < -0.4 is 10.1 Å². The third-order valence-corrected chi connectivity index (χ3v) is 4.00. The number of carbonyl (C=O) groups excluding carboxylic acids is 1. The van der Waals surface area contributed by atoms with Crippen LogP contribution in [-0.2, 0) is 4.79 Å². The molecule has 0 radical (unpaired) electrons. The second-order valence-electron chi connectivity index (χ2n) is 4.46. The lowest BCUT2D eigenvalue weighted by Gasteiger charge is -2.09. The van der Waals surface area contributed by atoms with E-state index in [0.29, 0.717) is 22.2 Å². The molecule has 0 aliphatic carbocycles. The fraction of sp³-hybridized carbons (Fsp3) is 0.0667. The minimum absolute atomic E-state index is 0.237. The van der Waals surface area contributed by atoms with Gasteiger partial charge in [-0.05, 0) is 29.6 Å². The van der Waals surface area contributed by atoms with Gasteiger partial charge in [-0.25, -0.2) is 9.97 Å². The molecule has 0 atom stereocenters. The van der Waals surface area contributed by atoms with Crippen LogP contribution in [0.1, 0.15) is 5.56 Å². The number of nitrogens with zero attached hydrogens (tertiary/aromatic N) is 3. The number of aromatic nitrogens is 2. The van der Waals surface area contributed by atoms with E-state index < -0.39 is 5.91 Å². The molecule has 23 heavy (non-hydrogen) atoms. The van der Waals surface area contributed by atoms with E-state index in [1.165, 1.54) is 29.8 Å². The van der Waals surface area contributed by atoms with E-state index in [-0.39, 0.29) is 6.61 Å². The van der Waals surface area contributed by atoms with Crippen molar-refractivity contribution in [2.75, 3.05) is 11.9 Å². The van der Waals surface area contributed by atoms with E-state index in [2.05, 4.69) is 15.3 Å². The van der Waals surface area contributed by atoms with Crippen molar-refractivity contribution in [2.45, 2.75) is 0 Å². The maximum Gasteiger partial charge on any atom is 0.262 e. The number of fused-ring (bicyclic) bond motifs is 1. The summed E-state index contributed by atoms with van der Waals surface area (Å²) in [7, 11) is 0. The molecule has 2 heterocycles. The van der Waals surface area contributed by atoms with Crippen LogP contribution in [0, 0.1) is 11.3 Å². The zero-order valence-electron chi connectivity index (χ0n) is 11.6. The van der Waals surface area contributed by atoms with E-state index >= 15 is 0 Å². The Morgan fingerprint density at radius 1 is 1.39 bits per heavy atom. The molecule has 0 saturated heterocycles. The predicted octanol–water partition coefficient (Wildman–Crippen LogP) is 3.23. The summed E-state index contributed by atoms with van der Waals surface area (Å²) in [5.74, 6) is -0.0660. The highest BCUT2D eigenvalue weighted by Gasteiger charge is 2.11. The molecule has 3 rings (SSSR count). The van der Waals surface area contributed by atoms with Gasteiger partial charge in [0.15, 0.2) is 6.61 Å². The number of amides is 1. The third-order valence-electron chi connectivity index (χ3n) is 2.94. The largest absolute Gasteiger partial charge is 0.467 e. The SMILES string of the molecule is N#Cc1ccc(Cl)cc1NC(=O)COc1ncnc2sccc12. The minimum Gasteiger partial charge on any atom is -0.467 e. The van der Waals surface area contributed by atoms with Crippen LogP contribution in [0.4, 0.5) is 5.69 Å². The van der Waals surface area contributed by atoms with Crippen molar-refractivity contribution in [3.8, 4) is 11.9 Å². The number of nitrogens with one attached hydrogen (secondary N) is 1. The summed E-state index contributed by atoms with van der Waals surface area (Å²) >= 11 is 7.34. The summed E-state index contributed by atoms with van der Waals surface area (Å²) in [6, 6.07) is 8.46. The Hall–Kier alpha value is -2.69. The number of anilines is 1. The van der Waals surface area contributed by atoms with Gasteiger partial charge in [0, 0.05) is 5.02 Å². The number of thiophene rings is 1. The van der Waals surface area contributed by atoms with Gasteiger partial charge in [-0.3, -0.25) is 4.79 Å². The molecular formula is C15H9ClN4O2S. The van der Waals surface area contributed by atoms with Crippen molar-refractivity contribution in [3.63, 3.8) is 0 Å². The van der Waals surface area contributed by atoms with Crippen molar-refractivity contribution < 1.29 is 9.53 Å². The molecule has 6 nitrogen and oxygen atoms in total. The van der Waals surface area contributed by atoms with Crippen LogP contribution >= 0.6 is 22.9 Å². The lowest BCUT2D eigenvalue weighted by Crippen LogP contribution is -2.21. The number of hydrogen-bond acceptors (Lipinski definition) is 6. The highest BCUT2D eigenvalue weighted by molar-refractivity contribution is 7.16. The number of carbonyl (C=O) groups is 1. The molecule has 114 valence electrons. The molecule has 0 aliphatic rings. The molecule has 0 saturated carbocycles. The monoisotopic (exact) mass is 344 g/mol. The lowest BCUT2D eigenvalue weighted by molar-refractivity contribution is -0.118. The molecule has 0 aliphatic heterocycles. The highest BCUT2D eigenvalue weighted by atomic mass is 35.5. The normalized spacial score (nSPS) is 10.3. The van der Waals surface area contributed by atoms with Gasteiger partial charge in [-0.1, -0.05) is 11.6 Å². The van der Waals surface area contributed by atoms with Crippen LogP contribution in [0.5, 0.6) is 5.88 Å². The Morgan fingerprint density at radius 3 is 3.09 bits per heavy atom. The number of ether oxygens (including phenoxy) is 1. The van der Waals surface area contributed by atoms with Gasteiger partial charge in [0.25, 0.3) is 5.91 Å². The van der Waals surface area contributed by atoms with Crippen LogP contribution in [0.15, 0.2) is 36.0 Å². The standard InChI is InChI=1S/C15H9ClN4O2S/c16-10-2-1-9(6-17)12(5-10)20-13(21)7-22-14-11-3-4-23-15(11)19-8-18-14/h1-5,8H,7H2,(H,20,21). The summed E-state index contributed by atoms with van der Waals surface area (Å²) in [6.45, 7) is -0.237. The van der Waals surface area contributed by atoms with Crippen molar-refractivity contribution >= 4 is 44.7 Å². The summed E-state index contributed by atoms with van der Waals surface area (Å²) in [5, 5.41) is 14.7. The van der Waals surface area contributed by atoms with Crippen LogP contribution in [0.25, 0.3) is 10.2 Å². The Morgan fingerprint density at radius 2 is 2.26 bits per heavy atom. The maximum absolute atomic E-state index is 12.0. The van der Waals surface area contributed by atoms with Gasteiger partial charge < -0.3 is 10.1 Å². The first-order valence-corrected chi connectivity index (χ1v) is 7.73. The summed E-state index contributed by atoms with van der Waals surface area (Å²) in [6.07, 6.45) is 1.39. The topological polar surface area (TPSA) is 87.9 Å². The summed E-state index contributed by atoms with van der Waals surface area (Å²) in [5.41, 5.74) is 0.668. The molecule has 0 unspecified atom stereocenters. The first-order chi connectivity index (χ1) is 11.2. The fourth-order valence-corrected chi connectivity index (χ4v) is 2.82. The molecule has 1 N–H and O–H groups in total. The van der Waals surface area contributed by atoms with Crippen molar-refractivity contribution in [2.24, 2.45) is 0 Å². The summed E-state index contributed by atoms with van der Waals surface area (Å²) < 4.78 is 5.44. The molecule has 0 fully saturated rings. The van der Waals surface area contributed by atoms with Crippen molar-refractivity contribution in [1.29, 1.82) is 5.26 Å². The second-order valence-corrected chi connectivity index (χ2v) is 5.79. The zero-order valence-corrected chi connectivity index (χ0v) is 13.2. The predicted molar refractivity (Wildman–Crippen MR) is 87.7 cm³/mol. The number of nitriles is 1. The summed E-state index contributed by atoms with van der Waals surface area (Å²) in [4.78, 5) is 20.9. The van der Waals surface area contributed by atoms with E-state index in [1.807, 2.05) is 17.5 Å². The van der Waals surface area contributed by atoms with Gasteiger partial charge in [-0.15, -0.1) is 11.3 Å². The van der Waals surface area contributed by atoms with E-state index in [9.17, 15) is 4.79 Å². The maximum atomic E-state index is 12.0. The van der Waals surface area contributed by atoms with Crippen molar-refractivity contribution in [3.05, 3.63) is 46.6 Å². The average Bonchev–Trinajstić information content (AvgIpc) is 3.02. The third kappa shape index (κ3) is 3.39. The quantitative estimate of drug-likeness (QED) is 0.785. The molecule has 1 aromatic carbocycles. The molecule has 2 aromatic heterocycles. The Balaban J connectivity index is 1.70. The average molecular weight is 345 g/mol. The van der Waals surface area contributed by atoms with E-state index in [1.54, 1.807) is 6.07 Å². The highest BCUT2D eigenvalue weighted by Crippen LogP contribution is 2.25. The number of benzene rings is 1. The molecule has 3 aromatic rings. The van der Waals surface area contributed by atoms with Crippen LogP contribution in [-0.4, -0.2) is 22.5 Å². The van der Waals surface area contributed by atoms with E-state index in [0.717, 1.165) is 10.2 Å². The van der Waals surface area contributed by atoms with Gasteiger partial charge in [0.1, 0.15) is 17.2 Å².